The summed E-state index contributed by atoms with van der Waals surface area (Å²) in [5.74, 6) is 0. The maximum atomic E-state index is 11.7. The molecule has 0 unspecified atom stereocenters. The predicted molar refractivity (Wildman–Crippen MR) is 50.7 cm³/mol. The van der Waals surface area contributed by atoms with Gasteiger partial charge in [0.05, 0.1) is 12.7 Å². The van der Waals surface area contributed by atoms with Crippen molar-refractivity contribution in [3.8, 4) is 0 Å². The summed E-state index contributed by atoms with van der Waals surface area (Å²) in [6, 6.07) is 0.109. The molecule has 0 spiro atoms. The van der Waals surface area contributed by atoms with E-state index >= 15 is 0 Å². The van der Waals surface area contributed by atoms with E-state index in [0.29, 0.717) is 19.7 Å². The molecule has 0 aliphatic carbocycles. The van der Waals surface area contributed by atoms with Crippen LogP contribution in [0.1, 0.15) is 13.8 Å². The van der Waals surface area contributed by atoms with Crippen molar-refractivity contribution in [1.29, 1.82) is 0 Å². The molecule has 4 nitrogen and oxygen atoms in total. The van der Waals surface area contributed by atoms with Gasteiger partial charge in [-0.1, -0.05) is 0 Å². The Kier molecular flexibility index (Phi) is 3.54. The first-order chi connectivity index (χ1) is 6.15. The molecule has 0 aromatic rings. The smallest absolute Gasteiger partial charge is 0.319 e. The number of rotatable bonds is 1. The van der Waals surface area contributed by atoms with Gasteiger partial charge in [0.1, 0.15) is 0 Å². The average Bonchev–Trinajstić information content (AvgIpc) is 2.15. The fourth-order valence-electron chi connectivity index (χ4n) is 1.37. The minimum atomic E-state index is 0.109. The van der Waals surface area contributed by atoms with Crippen LogP contribution in [0.25, 0.3) is 0 Å². The van der Waals surface area contributed by atoms with Gasteiger partial charge in [0, 0.05) is 26.7 Å². The third-order valence-corrected chi connectivity index (χ3v) is 2.31. The van der Waals surface area contributed by atoms with Gasteiger partial charge in [0.2, 0.25) is 0 Å². The molecule has 1 rings (SSSR count). The molecular formula is C9H18N2O2. The first-order valence-electron chi connectivity index (χ1n) is 4.76. The Bertz CT molecular complexity index is 184. The summed E-state index contributed by atoms with van der Waals surface area (Å²) < 4.78 is 5.36. The van der Waals surface area contributed by atoms with E-state index < -0.39 is 0 Å². The minimum Gasteiger partial charge on any atom is -0.375 e. The average molecular weight is 186 g/mol. The van der Waals surface area contributed by atoms with Crippen molar-refractivity contribution in [2.45, 2.75) is 20.0 Å². The Morgan fingerprint density at radius 3 is 2.92 bits per heavy atom. The second-order valence-corrected chi connectivity index (χ2v) is 3.42. The molecule has 0 N–H and O–H groups in total. The number of hydrogen-bond acceptors (Lipinski definition) is 2. The molecule has 0 bridgehead atoms. The lowest BCUT2D eigenvalue weighted by Gasteiger charge is -2.33. The number of ether oxygens (including phenoxy) is 1. The van der Waals surface area contributed by atoms with Crippen LogP contribution in [0.3, 0.4) is 0 Å². The summed E-state index contributed by atoms with van der Waals surface area (Å²) >= 11 is 0. The number of amides is 2. The molecular weight excluding hydrogens is 168 g/mol. The molecule has 1 aliphatic rings. The summed E-state index contributed by atoms with van der Waals surface area (Å²) in [4.78, 5) is 15.2. The highest BCUT2D eigenvalue weighted by atomic mass is 16.5. The molecule has 0 aromatic heterocycles. The highest BCUT2D eigenvalue weighted by Crippen LogP contribution is 2.06. The molecule has 76 valence electrons. The zero-order valence-electron chi connectivity index (χ0n) is 8.62. The number of hydrogen-bond donors (Lipinski definition) is 0. The number of carbonyl (C=O) groups excluding carboxylic acids is 1. The van der Waals surface area contributed by atoms with Gasteiger partial charge < -0.3 is 14.5 Å². The highest BCUT2D eigenvalue weighted by molar-refractivity contribution is 5.74. The van der Waals surface area contributed by atoms with E-state index in [1.54, 1.807) is 4.90 Å². The number of nitrogens with zero attached hydrogens (tertiary/aromatic N) is 2. The van der Waals surface area contributed by atoms with Crippen LogP contribution in [0, 0.1) is 0 Å². The van der Waals surface area contributed by atoms with Crippen molar-refractivity contribution in [2.75, 3.05) is 33.3 Å². The van der Waals surface area contributed by atoms with Crippen molar-refractivity contribution < 1.29 is 9.53 Å². The second-order valence-electron chi connectivity index (χ2n) is 3.42. The predicted octanol–water partition coefficient (Wildman–Crippen LogP) is 0.779. The normalized spacial score (nSPS) is 23.0. The Balaban J connectivity index is 2.46. The summed E-state index contributed by atoms with van der Waals surface area (Å²) in [5.41, 5.74) is 0. The van der Waals surface area contributed by atoms with Gasteiger partial charge in [0.25, 0.3) is 0 Å². The molecule has 13 heavy (non-hydrogen) atoms. The summed E-state index contributed by atoms with van der Waals surface area (Å²) in [5, 5.41) is 0. The summed E-state index contributed by atoms with van der Waals surface area (Å²) in [7, 11) is 1.82. The summed E-state index contributed by atoms with van der Waals surface area (Å²) in [6.45, 7) is 6.80. The van der Waals surface area contributed by atoms with Gasteiger partial charge in [-0.25, -0.2) is 4.79 Å². The highest BCUT2D eigenvalue weighted by Gasteiger charge is 2.22. The lowest BCUT2D eigenvalue weighted by molar-refractivity contribution is -0.00791. The first-order valence-corrected chi connectivity index (χ1v) is 4.76. The van der Waals surface area contributed by atoms with Gasteiger partial charge in [-0.05, 0) is 13.8 Å². The van der Waals surface area contributed by atoms with Gasteiger partial charge >= 0.3 is 6.03 Å². The zero-order valence-corrected chi connectivity index (χ0v) is 8.62. The van der Waals surface area contributed by atoms with Crippen molar-refractivity contribution in [3.05, 3.63) is 0 Å². The van der Waals surface area contributed by atoms with Crippen LogP contribution in [-0.2, 0) is 4.74 Å². The minimum absolute atomic E-state index is 0.109. The molecule has 0 radical (unpaired) electrons. The molecule has 0 aromatic carbocycles. The number of morpholine rings is 1. The molecule has 4 heteroatoms. The Hall–Kier alpha value is -0.770. The fourth-order valence-corrected chi connectivity index (χ4v) is 1.37. The van der Waals surface area contributed by atoms with Crippen LogP contribution < -0.4 is 0 Å². The van der Waals surface area contributed by atoms with Crippen molar-refractivity contribution in [1.82, 2.24) is 9.80 Å². The van der Waals surface area contributed by atoms with E-state index in [1.807, 2.05) is 25.8 Å². The standard InChI is InChI=1S/C9H18N2O2/c1-4-10(3)9(12)11-5-6-13-8(2)7-11/h8H,4-7H2,1-3H3/t8-/m0/s1. The van der Waals surface area contributed by atoms with E-state index in [0.717, 1.165) is 6.54 Å². The molecule has 1 aliphatic heterocycles. The van der Waals surface area contributed by atoms with Crippen LogP contribution in [0.15, 0.2) is 0 Å². The van der Waals surface area contributed by atoms with Crippen LogP contribution in [0.4, 0.5) is 4.79 Å². The van der Waals surface area contributed by atoms with E-state index in [2.05, 4.69) is 0 Å². The fraction of sp³-hybridized carbons (Fsp3) is 0.889. The van der Waals surface area contributed by atoms with Crippen LogP contribution in [0.2, 0.25) is 0 Å². The van der Waals surface area contributed by atoms with Gasteiger partial charge in [-0.3, -0.25) is 0 Å². The lowest BCUT2D eigenvalue weighted by Crippen LogP contribution is -2.49. The van der Waals surface area contributed by atoms with Crippen molar-refractivity contribution in [3.63, 3.8) is 0 Å². The molecule has 2 amide bonds. The third-order valence-electron chi connectivity index (χ3n) is 2.31. The van der Waals surface area contributed by atoms with Gasteiger partial charge in [0.15, 0.2) is 0 Å². The SMILES string of the molecule is CCN(C)C(=O)N1CCO[C@@H](C)C1. The second kappa shape index (κ2) is 4.46. The van der Waals surface area contributed by atoms with Crippen molar-refractivity contribution >= 4 is 6.03 Å². The number of carbonyl (C=O) groups is 1. The van der Waals surface area contributed by atoms with Crippen molar-refractivity contribution in [2.24, 2.45) is 0 Å². The van der Waals surface area contributed by atoms with Gasteiger partial charge in [-0.15, -0.1) is 0 Å². The molecule has 1 atom stereocenters. The van der Waals surface area contributed by atoms with Gasteiger partial charge in [-0.2, -0.15) is 0 Å². The van der Waals surface area contributed by atoms with E-state index in [4.69, 9.17) is 4.74 Å². The maximum absolute atomic E-state index is 11.7. The molecule has 1 heterocycles. The topological polar surface area (TPSA) is 32.8 Å². The van der Waals surface area contributed by atoms with Crippen LogP contribution in [-0.4, -0.2) is 55.2 Å². The summed E-state index contributed by atoms with van der Waals surface area (Å²) in [6.07, 6.45) is 0.169. The third kappa shape index (κ3) is 2.59. The van der Waals surface area contributed by atoms with E-state index in [1.165, 1.54) is 0 Å². The quantitative estimate of drug-likeness (QED) is 0.606. The largest absolute Gasteiger partial charge is 0.375 e. The molecule has 0 saturated carbocycles. The van der Waals surface area contributed by atoms with E-state index in [-0.39, 0.29) is 12.1 Å². The van der Waals surface area contributed by atoms with E-state index in [9.17, 15) is 4.79 Å². The Morgan fingerprint density at radius 1 is 1.69 bits per heavy atom. The first kappa shape index (κ1) is 10.3. The van der Waals surface area contributed by atoms with Crippen LogP contribution >= 0.6 is 0 Å². The number of urea groups is 1. The Morgan fingerprint density at radius 2 is 2.38 bits per heavy atom. The maximum Gasteiger partial charge on any atom is 0.319 e. The lowest BCUT2D eigenvalue weighted by atomic mass is 10.3. The van der Waals surface area contributed by atoms with Crippen LogP contribution in [0.5, 0.6) is 0 Å². The monoisotopic (exact) mass is 186 g/mol. The molecule has 1 saturated heterocycles. The zero-order chi connectivity index (χ0) is 9.84. The molecule has 1 fully saturated rings. The Labute approximate surface area is 79.4 Å².